The number of amides is 1. The van der Waals surface area contributed by atoms with Crippen LogP contribution < -0.4 is 5.32 Å². The molecule has 0 saturated carbocycles. The van der Waals surface area contributed by atoms with E-state index in [0.717, 1.165) is 12.1 Å². The lowest BCUT2D eigenvalue weighted by molar-refractivity contribution is -0.267. The average Bonchev–Trinajstić information content (AvgIpc) is 2.98. The minimum absolute atomic E-state index is 0.250. The van der Waals surface area contributed by atoms with E-state index >= 15 is 0 Å². The van der Waals surface area contributed by atoms with Gasteiger partial charge >= 0.3 is 6.18 Å². The van der Waals surface area contributed by atoms with Crippen molar-refractivity contribution in [3.05, 3.63) is 51.5 Å². The number of hydrogen-bond acceptors (Lipinski definition) is 5. The van der Waals surface area contributed by atoms with Crippen molar-refractivity contribution < 1.29 is 37.0 Å². The third-order valence-corrected chi connectivity index (χ3v) is 4.78. The number of thiazole rings is 1. The van der Waals surface area contributed by atoms with Gasteiger partial charge in [-0.05, 0) is 13.0 Å². The number of aliphatic hydroxyl groups excluding tert-OH is 1. The second kappa shape index (κ2) is 7.87. The van der Waals surface area contributed by atoms with Gasteiger partial charge in [-0.2, -0.15) is 13.2 Å². The predicted octanol–water partition coefficient (Wildman–Crippen LogP) is 2.72. The number of rotatable bonds is 6. The topological polar surface area (TPSA) is 82.5 Å². The van der Waals surface area contributed by atoms with E-state index in [1.165, 1.54) is 12.3 Å². The lowest BCUT2D eigenvalue weighted by Gasteiger charge is -2.28. The number of carbonyl (C=O) groups excluding carboxylic acids is 1. The number of halogens is 5. The van der Waals surface area contributed by atoms with Crippen LogP contribution in [-0.4, -0.2) is 33.8 Å². The molecule has 2 aromatic rings. The summed E-state index contributed by atoms with van der Waals surface area (Å²) in [5.74, 6) is -3.17. The third-order valence-electron chi connectivity index (χ3n) is 3.67. The Hall–Kier alpha value is -2.11. The number of hydrogen-bond donors (Lipinski definition) is 3. The smallest absolute Gasteiger partial charge is 0.386 e. The fraction of sp³-hybridized carbons (Fsp3) is 0.375. The average molecular weight is 410 g/mol. The van der Waals surface area contributed by atoms with E-state index in [9.17, 15) is 37.0 Å². The first-order valence-electron chi connectivity index (χ1n) is 7.55. The largest absolute Gasteiger partial charge is 0.424 e. The van der Waals surface area contributed by atoms with Crippen LogP contribution >= 0.6 is 11.3 Å². The maximum absolute atomic E-state index is 13.6. The molecular formula is C16H15F5N2O3S. The van der Waals surface area contributed by atoms with Crippen LogP contribution in [0.3, 0.4) is 0 Å². The monoisotopic (exact) mass is 410 g/mol. The van der Waals surface area contributed by atoms with Crippen LogP contribution in [0.2, 0.25) is 0 Å². The minimum atomic E-state index is -5.17. The summed E-state index contributed by atoms with van der Waals surface area (Å²) < 4.78 is 66.4. The molecule has 0 bridgehead atoms. The zero-order valence-electron chi connectivity index (χ0n) is 13.8. The van der Waals surface area contributed by atoms with Crippen molar-refractivity contribution in [3.8, 4) is 0 Å². The first-order valence-corrected chi connectivity index (χ1v) is 8.43. The van der Waals surface area contributed by atoms with Crippen LogP contribution in [0, 0.1) is 18.6 Å². The summed E-state index contributed by atoms with van der Waals surface area (Å²) in [7, 11) is 0. The summed E-state index contributed by atoms with van der Waals surface area (Å²) in [4.78, 5) is 15.5. The van der Waals surface area contributed by atoms with Crippen molar-refractivity contribution >= 4 is 17.2 Å². The number of aliphatic hydroxyl groups is 2. The van der Waals surface area contributed by atoms with Crippen molar-refractivity contribution in [2.24, 2.45) is 0 Å². The molecule has 0 aliphatic rings. The van der Waals surface area contributed by atoms with Gasteiger partial charge in [0.2, 0.25) is 11.5 Å². The maximum Gasteiger partial charge on any atom is 0.424 e. The standard InChI is InChI=1S/C16H15F5N2O3S/c1-8-7-27-14(23-8)15(26,16(19,20)21)5-13(25)22-6-12(24)10-3-2-9(17)4-11(10)18/h2-4,7,12,24,26H,5-6H2,1H3,(H,22,25). The molecule has 1 aromatic heterocycles. The highest BCUT2D eigenvalue weighted by Crippen LogP contribution is 2.42. The summed E-state index contributed by atoms with van der Waals surface area (Å²) in [5, 5.41) is 22.5. The molecule has 148 valence electrons. The number of alkyl halides is 3. The molecule has 0 fully saturated rings. The van der Waals surface area contributed by atoms with E-state index in [4.69, 9.17) is 0 Å². The summed E-state index contributed by atoms with van der Waals surface area (Å²) in [5.41, 5.74) is -3.58. The molecule has 0 radical (unpaired) electrons. The quantitative estimate of drug-likeness (QED) is 0.640. The molecule has 1 heterocycles. The molecule has 27 heavy (non-hydrogen) atoms. The van der Waals surface area contributed by atoms with Gasteiger partial charge in [0.15, 0.2) is 0 Å². The zero-order chi connectivity index (χ0) is 20.4. The second-order valence-corrected chi connectivity index (χ2v) is 6.67. The van der Waals surface area contributed by atoms with Gasteiger partial charge in [-0.15, -0.1) is 11.3 Å². The number of benzene rings is 1. The molecule has 2 unspecified atom stereocenters. The Morgan fingerprint density at radius 2 is 2.00 bits per heavy atom. The van der Waals surface area contributed by atoms with Gasteiger partial charge in [-0.25, -0.2) is 13.8 Å². The van der Waals surface area contributed by atoms with E-state index in [2.05, 4.69) is 4.98 Å². The molecule has 11 heteroatoms. The van der Waals surface area contributed by atoms with Crippen molar-refractivity contribution in [2.75, 3.05) is 6.54 Å². The normalized spacial score (nSPS) is 15.3. The molecule has 5 nitrogen and oxygen atoms in total. The fourth-order valence-corrected chi connectivity index (χ4v) is 3.14. The molecule has 0 saturated heterocycles. The molecule has 0 aliphatic carbocycles. The van der Waals surface area contributed by atoms with Crippen LogP contribution in [0.15, 0.2) is 23.6 Å². The highest BCUT2D eigenvalue weighted by Gasteiger charge is 2.58. The summed E-state index contributed by atoms with van der Waals surface area (Å²) in [6.45, 7) is 0.802. The van der Waals surface area contributed by atoms with Crippen LogP contribution in [0.5, 0.6) is 0 Å². The second-order valence-electron chi connectivity index (χ2n) is 5.81. The molecular weight excluding hydrogens is 395 g/mol. The number of nitrogens with one attached hydrogen (secondary N) is 1. The SMILES string of the molecule is Cc1csc(C(O)(CC(=O)NCC(O)c2ccc(F)cc2F)C(F)(F)F)n1. The van der Waals surface area contributed by atoms with Gasteiger partial charge in [-0.1, -0.05) is 6.07 Å². The Kier molecular flexibility index (Phi) is 6.17. The lowest BCUT2D eigenvalue weighted by Crippen LogP contribution is -2.46. The van der Waals surface area contributed by atoms with Gasteiger partial charge in [-0.3, -0.25) is 4.79 Å². The molecule has 0 spiro atoms. The Labute approximate surface area is 154 Å². The van der Waals surface area contributed by atoms with Crippen molar-refractivity contribution in [2.45, 2.75) is 31.2 Å². The van der Waals surface area contributed by atoms with E-state index in [1.807, 2.05) is 5.32 Å². The first-order chi connectivity index (χ1) is 12.4. The molecule has 0 aliphatic heterocycles. The number of nitrogens with zero attached hydrogens (tertiary/aromatic N) is 1. The molecule has 2 atom stereocenters. The first kappa shape index (κ1) is 21.2. The Morgan fingerprint density at radius 3 is 2.52 bits per heavy atom. The fourth-order valence-electron chi connectivity index (χ4n) is 2.23. The van der Waals surface area contributed by atoms with E-state index in [1.54, 1.807) is 0 Å². The van der Waals surface area contributed by atoms with Gasteiger partial charge < -0.3 is 15.5 Å². The van der Waals surface area contributed by atoms with Crippen LogP contribution in [0.1, 0.15) is 28.8 Å². The van der Waals surface area contributed by atoms with Crippen molar-refractivity contribution in [1.82, 2.24) is 10.3 Å². The Balaban J connectivity index is 2.08. The van der Waals surface area contributed by atoms with Gasteiger partial charge in [0.1, 0.15) is 16.6 Å². The lowest BCUT2D eigenvalue weighted by atomic mass is 9.99. The Morgan fingerprint density at radius 1 is 1.33 bits per heavy atom. The predicted molar refractivity (Wildman–Crippen MR) is 85.7 cm³/mol. The molecule has 1 amide bonds. The van der Waals surface area contributed by atoms with Crippen LogP contribution in [0.25, 0.3) is 0 Å². The summed E-state index contributed by atoms with van der Waals surface area (Å²) in [6, 6.07) is 2.36. The molecule has 2 rings (SSSR count). The minimum Gasteiger partial charge on any atom is -0.386 e. The van der Waals surface area contributed by atoms with Gasteiger partial charge in [0, 0.05) is 29.2 Å². The van der Waals surface area contributed by atoms with Crippen molar-refractivity contribution in [1.29, 1.82) is 0 Å². The maximum atomic E-state index is 13.6. The van der Waals surface area contributed by atoms with Crippen LogP contribution in [-0.2, 0) is 10.4 Å². The van der Waals surface area contributed by atoms with E-state index < -0.39 is 53.4 Å². The highest BCUT2D eigenvalue weighted by molar-refractivity contribution is 7.09. The number of carbonyl (C=O) groups is 1. The summed E-state index contributed by atoms with van der Waals surface area (Å²) in [6.07, 6.45) is -8.17. The zero-order valence-corrected chi connectivity index (χ0v) is 14.7. The van der Waals surface area contributed by atoms with E-state index in [0.29, 0.717) is 17.4 Å². The van der Waals surface area contributed by atoms with Gasteiger partial charge in [0.25, 0.3) is 0 Å². The highest BCUT2D eigenvalue weighted by atomic mass is 32.1. The summed E-state index contributed by atoms with van der Waals surface area (Å²) >= 11 is 0.554. The Bertz CT molecular complexity index is 827. The van der Waals surface area contributed by atoms with Crippen molar-refractivity contribution in [3.63, 3.8) is 0 Å². The molecule has 3 N–H and O–H groups in total. The molecule has 1 aromatic carbocycles. The van der Waals surface area contributed by atoms with Gasteiger partial charge in [0.05, 0.1) is 12.5 Å². The third kappa shape index (κ3) is 4.79. The number of aryl methyl sites for hydroxylation is 1. The van der Waals surface area contributed by atoms with Crippen LogP contribution in [0.4, 0.5) is 22.0 Å². The van der Waals surface area contributed by atoms with E-state index in [-0.39, 0.29) is 11.3 Å². The number of aromatic nitrogens is 1.